The molecule has 20 heavy (non-hydrogen) atoms. The number of nitro groups is 1. The highest BCUT2D eigenvalue weighted by Crippen LogP contribution is 2.33. The molecule has 1 aromatic heterocycles. The molecule has 0 saturated heterocycles. The summed E-state index contributed by atoms with van der Waals surface area (Å²) in [6.45, 7) is 5.27. The Morgan fingerprint density at radius 3 is 2.55 bits per heavy atom. The average molecular weight is 279 g/mol. The van der Waals surface area contributed by atoms with Gasteiger partial charge in [-0.25, -0.2) is 9.97 Å². The zero-order valence-corrected chi connectivity index (χ0v) is 12.0. The van der Waals surface area contributed by atoms with Crippen molar-refractivity contribution < 1.29 is 4.92 Å². The van der Waals surface area contributed by atoms with Crippen LogP contribution in [0.2, 0.25) is 0 Å². The molecule has 110 valence electrons. The molecule has 0 spiro atoms. The number of nitrogens with one attached hydrogen (secondary N) is 1. The first-order valence-corrected chi connectivity index (χ1v) is 7.18. The second-order valence-electron chi connectivity index (χ2n) is 4.95. The van der Waals surface area contributed by atoms with Crippen LogP contribution in [0.5, 0.6) is 0 Å². The maximum atomic E-state index is 11.4. The normalized spacial score (nSPS) is 15.3. The van der Waals surface area contributed by atoms with Crippen LogP contribution in [0, 0.1) is 10.1 Å². The molecule has 7 nitrogen and oxygen atoms in total. The van der Waals surface area contributed by atoms with Gasteiger partial charge in [-0.05, 0) is 26.7 Å². The minimum absolute atomic E-state index is 0.0110. The fourth-order valence-corrected chi connectivity index (χ4v) is 2.66. The molecule has 0 amide bonds. The highest BCUT2D eigenvalue weighted by atomic mass is 16.6. The molecule has 0 atom stereocenters. The SMILES string of the molecule is CCN(CC)c1ncnc(NC2CCCC2)c1[N+](=O)[O-]. The van der Waals surface area contributed by atoms with Crippen LogP contribution in [0.4, 0.5) is 17.3 Å². The van der Waals surface area contributed by atoms with Crippen LogP contribution in [0.1, 0.15) is 39.5 Å². The Bertz CT molecular complexity index is 470. The minimum Gasteiger partial charge on any atom is -0.361 e. The molecule has 1 N–H and O–H groups in total. The van der Waals surface area contributed by atoms with E-state index in [1.165, 1.54) is 19.2 Å². The lowest BCUT2D eigenvalue weighted by Crippen LogP contribution is -2.25. The summed E-state index contributed by atoms with van der Waals surface area (Å²) in [5.74, 6) is 0.745. The van der Waals surface area contributed by atoms with Crippen LogP contribution >= 0.6 is 0 Å². The molecule has 1 fully saturated rings. The second-order valence-corrected chi connectivity index (χ2v) is 4.95. The zero-order chi connectivity index (χ0) is 14.5. The molecule has 1 heterocycles. The van der Waals surface area contributed by atoms with Gasteiger partial charge in [0.15, 0.2) is 0 Å². The van der Waals surface area contributed by atoms with E-state index >= 15 is 0 Å². The van der Waals surface area contributed by atoms with Gasteiger partial charge in [0.1, 0.15) is 6.33 Å². The largest absolute Gasteiger partial charge is 0.361 e. The number of nitrogens with zero attached hydrogens (tertiary/aromatic N) is 4. The van der Waals surface area contributed by atoms with Gasteiger partial charge in [0.05, 0.1) is 4.92 Å². The summed E-state index contributed by atoms with van der Waals surface area (Å²) in [6, 6.07) is 0.285. The van der Waals surface area contributed by atoms with Crippen molar-refractivity contribution in [3.63, 3.8) is 0 Å². The van der Waals surface area contributed by atoms with Crippen molar-refractivity contribution in [1.29, 1.82) is 0 Å². The summed E-state index contributed by atoms with van der Waals surface area (Å²) in [7, 11) is 0. The first-order chi connectivity index (χ1) is 9.67. The minimum atomic E-state index is -0.384. The Morgan fingerprint density at radius 1 is 1.35 bits per heavy atom. The molecular formula is C13H21N5O2. The maximum absolute atomic E-state index is 11.4. The molecule has 7 heteroatoms. The molecular weight excluding hydrogens is 258 g/mol. The topological polar surface area (TPSA) is 84.2 Å². The Kier molecular flexibility index (Phi) is 4.70. The first kappa shape index (κ1) is 14.5. The Hall–Kier alpha value is -1.92. The Balaban J connectivity index is 2.35. The summed E-state index contributed by atoms with van der Waals surface area (Å²) < 4.78 is 0. The van der Waals surface area contributed by atoms with Gasteiger partial charge >= 0.3 is 5.69 Å². The fourth-order valence-electron chi connectivity index (χ4n) is 2.66. The van der Waals surface area contributed by atoms with Crippen molar-refractivity contribution in [2.24, 2.45) is 0 Å². The van der Waals surface area contributed by atoms with Gasteiger partial charge in [-0.3, -0.25) is 10.1 Å². The van der Waals surface area contributed by atoms with E-state index in [4.69, 9.17) is 0 Å². The van der Waals surface area contributed by atoms with Crippen LogP contribution in [-0.4, -0.2) is 34.0 Å². The average Bonchev–Trinajstić information content (AvgIpc) is 2.93. The third kappa shape index (κ3) is 2.97. The summed E-state index contributed by atoms with van der Waals surface area (Å²) >= 11 is 0. The lowest BCUT2D eigenvalue weighted by Gasteiger charge is -2.20. The van der Waals surface area contributed by atoms with Crippen LogP contribution in [-0.2, 0) is 0 Å². The van der Waals surface area contributed by atoms with Crippen LogP contribution in [0.25, 0.3) is 0 Å². The van der Waals surface area contributed by atoms with Crippen molar-refractivity contribution in [2.75, 3.05) is 23.3 Å². The summed E-state index contributed by atoms with van der Waals surface area (Å²) in [5, 5.41) is 14.6. The first-order valence-electron chi connectivity index (χ1n) is 7.18. The van der Waals surface area contributed by atoms with E-state index < -0.39 is 0 Å². The molecule has 2 rings (SSSR count). The van der Waals surface area contributed by atoms with E-state index in [2.05, 4.69) is 15.3 Å². The van der Waals surface area contributed by atoms with E-state index in [9.17, 15) is 10.1 Å². The van der Waals surface area contributed by atoms with Gasteiger partial charge in [-0.1, -0.05) is 12.8 Å². The van der Waals surface area contributed by atoms with Crippen molar-refractivity contribution >= 4 is 17.3 Å². The van der Waals surface area contributed by atoms with Gasteiger partial charge in [0.2, 0.25) is 11.6 Å². The van der Waals surface area contributed by atoms with Gasteiger partial charge in [-0.2, -0.15) is 0 Å². The third-order valence-corrected chi connectivity index (χ3v) is 3.74. The van der Waals surface area contributed by atoms with Crippen LogP contribution < -0.4 is 10.2 Å². The van der Waals surface area contributed by atoms with Gasteiger partial charge in [0, 0.05) is 19.1 Å². The Labute approximate surface area is 118 Å². The van der Waals surface area contributed by atoms with E-state index in [0.29, 0.717) is 24.7 Å². The predicted octanol–water partition coefficient (Wildman–Crippen LogP) is 2.59. The quantitative estimate of drug-likeness (QED) is 0.636. The summed E-state index contributed by atoms with van der Waals surface area (Å²) in [4.78, 5) is 21.1. The summed E-state index contributed by atoms with van der Waals surface area (Å²) in [5.41, 5.74) is -0.0110. The monoisotopic (exact) mass is 279 g/mol. The van der Waals surface area contributed by atoms with Crippen molar-refractivity contribution in [1.82, 2.24) is 9.97 Å². The highest BCUT2D eigenvalue weighted by molar-refractivity contribution is 5.70. The van der Waals surface area contributed by atoms with Gasteiger partial charge in [-0.15, -0.1) is 0 Å². The number of hydrogen-bond acceptors (Lipinski definition) is 6. The second kappa shape index (κ2) is 6.49. The lowest BCUT2D eigenvalue weighted by atomic mass is 10.2. The molecule has 1 aromatic rings. The van der Waals surface area contributed by atoms with Crippen LogP contribution in [0.3, 0.4) is 0 Å². The molecule has 0 radical (unpaired) electrons. The molecule has 0 aromatic carbocycles. The van der Waals surface area contributed by atoms with E-state index in [0.717, 1.165) is 12.8 Å². The standard InChI is InChI=1S/C13H21N5O2/c1-3-17(4-2)13-11(18(19)20)12(14-9-15-13)16-10-7-5-6-8-10/h9-10H,3-8H2,1-2H3,(H,14,15,16). The zero-order valence-electron chi connectivity index (χ0n) is 12.0. The predicted molar refractivity (Wildman–Crippen MR) is 78.1 cm³/mol. The molecule has 0 aliphatic heterocycles. The molecule has 0 bridgehead atoms. The highest BCUT2D eigenvalue weighted by Gasteiger charge is 2.27. The van der Waals surface area contributed by atoms with Gasteiger partial charge in [0.25, 0.3) is 0 Å². The summed E-state index contributed by atoms with van der Waals surface area (Å²) in [6.07, 6.45) is 5.82. The Morgan fingerprint density at radius 2 is 2.00 bits per heavy atom. The number of anilines is 2. The molecule has 1 aliphatic rings. The number of hydrogen-bond donors (Lipinski definition) is 1. The number of rotatable bonds is 6. The van der Waals surface area contributed by atoms with Crippen molar-refractivity contribution in [3.8, 4) is 0 Å². The van der Waals surface area contributed by atoms with Crippen molar-refractivity contribution in [2.45, 2.75) is 45.6 Å². The van der Waals surface area contributed by atoms with E-state index in [-0.39, 0.29) is 16.7 Å². The van der Waals surface area contributed by atoms with E-state index in [1.54, 1.807) is 0 Å². The fraction of sp³-hybridized carbons (Fsp3) is 0.692. The van der Waals surface area contributed by atoms with Gasteiger partial charge < -0.3 is 10.2 Å². The van der Waals surface area contributed by atoms with Crippen LogP contribution in [0.15, 0.2) is 6.33 Å². The smallest absolute Gasteiger partial charge is 0.353 e. The van der Waals surface area contributed by atoms with Crippen molar-refractivity contribution in [3.05, 3.63) is 16.4 Å². The number of aromatic nitrogens is 2. The third-order valence-electron chi connectivity index (χ3n) is 3.74. The maximum Gasteiger partial charge on any atom is 0.353 e. The lowest BCUT2D eigenvalue weighted by molar-refractivity contribution is -0.383. The molecule has 0 unspecified atom stereocenters. The molecule has 1 saturated carbocycles. The molecule has 1 aliphatic carbocycles. The van der Waals surface area contributed by atoms with E-state index in [1.807, 2.05) is 18.7 Å².